The molecule has 5 nitrogen and oxygen atoms in total. The van der Waals surface area contributed by atoms with Crippen molar-refractivity contribution >= 4 is 29.3 Å². The molecule has 1 atom stereocenters. The molecule has 1 fully saturated rings. The summed E-state index contributed by atoms with van der Waals surface area (Å²) in [4.78, 5) is 18.7. The summed E-state index contributed by atoms with van der Waals surface area (Å²) in [5.74, 6) is 2.06. The lowest BCUT2D eigenvalue weighted by molar-refractivity contribution is -0.131. The lowest BCUT2D eigenvalue weighted by Gasteiger charge is -2.31. The van der Waals surface area contributed by atoms with E-state index in [0.29, 0.717) is 22.4 Å². The van der Waals surface area contributed by atoms with Crippen molar-refractivity contribution in [3.63, 3.8) is 0 Å². The van der Waals surface area contributed by atoms with Crippen LogP contribution in [-0.4, -0.2) is 40.2 Å². The van der Waals surface area contributed by atoms with Gasteiger partial charge in [-0.05, 0) is 44.0 Å². The molecule has 0 radical (unpaired) electrons. The highest BCUT2D eigenvalue weighted by molar-refractivity contribution is 7.99. The number of nitrogens with two attached hydrogens (primary N) is 1. The van der Waals surface area contributed by atoms with Crippen molar-refractivity contribution in [2.75, 3.05) is 13.1 Å². The fourth-order valence-electron chi connectivity index (χ4n) is 2.77. The number of halogens is 1. The molecule has 1 aliphatic rings. The maximum Gasteiger partial charge on any atom is 0.235 e. The fraction of sp³-hybridized carbons (Fsp3) is 0.444. The minimum absolute atomic E-state index is 0.125. The number of hydrogen-bond donors (Lipinski definition) is 1. The summed E-state index contributed by atoms with van der Waals surface area (Å²) < 4.78 is 5.78. The molecular weight excluding hydrogens is 358 g/mol. The molecule has 1 saturated heterocycles. The van der Waals surface area contributed by atoms with Gasteiger partial charge >= 0.3 is 0 Å². The Kier molecular flexibility index (Phi) is 6.04. The average Bonchev–Trinajstić information content (AvgIpc) is 3.09. The highest BCUT2D eigenvalue weighted by atomic mass is 35.5. The molecule has 1 unspecified atom stereocenters. The lowest BCUT2D eigenvalue weighted by Crippen LogP contribution is -2.45. The highest BCUT2D eigenvalue weighted by Crippen LogP contribution is 2.25. The molecule has 1 aromatic carbocycles. The third-order valence-electron chi connectivity index (χ3n) is 4.34. The number of nitrogens with zero attached hydrogens (tertiary/aromatic N) is 2. The van der Waals surface area contributed by atoms with Crippen LogP contribution in [0, 0.1) is 0 Å². The van der Waals surface area contributed by atoms with Crippen LogP contribution in [0.2, 0.25) is 5.02 Å². The number of benzene rings is 1. The number of rotatable bonds is 5. The second-order valence-electron chi connectivity index (χ2n) is 6.24. The van der Waals surface area contributed by atoms with E-state index in [1.807, 2.05) is 36.1 Å². The Hall–Kier alpha value is -1.50. The highest BCUT2D eigenvalue weighted by Gasteiger charge is 2.25. The van der Waals surface area contributed by atoms with E-state index in [1.54, 1.807) is 18.0 Å². The first kappa shape index (κ1) is 18.3. The molecule has 25 heavy (non-hydrogen) atoms. The van der Waals surface area contributed by atoms with Gasteiger partial charge in [0, 0.05) is 29.7 Å². The first-order valence-electron chi connectivity index (χ1n) is 8.39. The molecule has 3 rings (SSSR count). The molecule has 2 heterocycles. The number of carbonyl (C=O) groups is 1. The number of hydrogen-bond acceptors (Lipinski definition) is 5. The Morgan fingerprint density at radius 2 is 2.08 bits per heavy atom. The minimum Gasteiger partial charge on any atom is -0.440 e. The lowest BCUT2D eigenvalue weighted by atomic mass is 10.1. The summed E-state index contributed by atoms with van der Waals surface area (Å²) in [5.41, 5.74) is 6.83. The van der Waals surface area contributed by atoms with Crippen LogP contribution in [-0.2, 0) is 10.5 Å². The number of oxazole rings is 1. The number of likely N-dealkylation sites (tertiary alicyclic amines) is 1. The molecule has 2 aromatic rings. The van der Waals surface area contributed by atoms with Gasteiger partial charge in [-0.3, -0.25) is 4.79 Å². The van der Waals surface area contributed by atoms with E-state index in [9.17, 15) is 4.79 Å². The zero-order valence-corrected chi connectivity index (χ0v) is 15.7. The molecule has 0 bridgehead atoms. The van der Waals surface area contributed by atoms with Crippen LogP contribution in [0.1, 0.15) is 25.7 Å². The Morgan fingerprint density at radius 1 is 1.40 bits per heavy atom. The molecule has 1 aliphatic heterocycles. The van der Waals surface area contributed by atoms with E-state index in [-0.39, 0.29) is 17.2 Å². The van der Waals surface area contributed by atoms with Crippen molar-refractivity contribution in [1.29, 1.82) is 0 Å². The summed E-state index contributed by atoms with van der Waals surface area (Å²) in [5, 5.41) is 0.560. The first-order chi connectivity index (χ1) is 12.0. The van der Waals surface area contributed by atoms with Crippen molar-refractivity contribution in [3.8, 4) is 11.3 Å². The van der Waals surface area contributed by atoms with Crippen LogP contribution in [0.3, 0.4) is 0 Å². The monoisotopic (exact) mass is 379 g/mol. The summed E-state index contributed by atoms with van der Waals surface area (Å²) in [6.07, 6.45) is 3.47. The van der Waals surface area contributed by atoms with Gasteiger partial charge in [0.05, 0.1) is 17.2 Å². The van der Waals surface area contributed by atoms with E-state index in [2.05, 4.69) is 4.98 Å². The molecule has 1 aromatic heterocycles. The predicted molar refractivity (Wildman–Crippen MR) is 101 cm³/mol. The topological polar surface area (TPSA) is 72.4 Å². The van der Waals surface area contributed by atoms with Gasteiger partial charge in [-0.25, -0.2) is 4.98 Å². The SMILES string of the molecule is CC(SCc1ncc(-c2ccc(Cl)cc2)o1)C(=O)N1CCC(N)CC1. The van der Waals surface area contributed by atoms with Crippen molar-refractivity contribution in [2.24, 2.45) is 5.73 Å². The van der Waals surface area contributed by atoms with Crippen LogP contribution < -0.4 is 5.73 Å². The van der Waals surface area contributed by atoms with E-state index in [1.165, 1.54) is 0 Å². The van der Waals surface area contributed by atoms with Gasteiger partial charge in [0.25, 0.3) is 0 Å². The predicted octanol–water partition coefficient (Wildman–Crippen LogP) is 3.57. The molecule has 1 amide bonds. The normalized spacial score (nSPS) is 16.8. The van der Waals surface area contributed by atoms with Crippen LogP contribution in [0.15, 0.2) is 34.9 Å². The third kappa shape index (κ3) is 4.77. The van der Waals surface area contributed by atoms with Gasteiger partial charge in [-0.1, -0.05) is 11.6 Å². The van der Waals surface area contributed by atoms with Gasteiger partial charge in [0.2, 0.25) is 11.8 Å². The fourth-order valence-corrected chi connectivity index (χ4v) is 3.71. The Morgan fingerprint density at radius 3 is 2.76 bits per heavy atom. The summed E-state index contributed by atoms with van der Waals surface area (Å²) in [7, 11) is 0. The number of amides is 1. The maximum atomic E-state index is 12.5. The van der Waals surface area contributed by atoms with Gasteiger partial charge in [0.1, 0.15) is 0 Å². The maximum absolute atomic E-state index is 12.5. The standard InChI is InChI=1S/C18H22ClN3O2S/c1-12(18(23)22-8-6-15(20)7-9-22)25-11-17-21-10-16(24-17)13-2-4-14(19)5-3-13/h2-5,10,12,15H,6-9,11,20H2,1H3. The van der Waals surface area contributed by atoms with Crippen LogP contribution >= 0.6 is 23.4 Å². The molecule has 0 saturated carbocycles. The summed E-state index contributed by atoms with van der Waals surface area (Å²) >= 11 is 7.44. The quantitative estimate of drug-likeness (QED) is 0.859. The molecule has 0 spiro atoms. The molecule has 0 aliphatic carbocycles. The molecular formula is C18H22ClN3O2S. The third-order valence-corrected chi connectivity index (χ3v) is 5.71. The van der Waals surface area contributed by atoms with Crippen LogP contribution in [0.5, 0.6) is 0 Å². The van der Waals surface area contributed by atoms with Crippen LogP contribution in [0.4, 0.5) is 0 Å². The largest absolute Gasteiger partial charge is 0.440 e. The van der Waals surface area contributed by atoms with E-state index < -0.39 is 0 Å². The number of carbonyl (C=O) groups excluding carboxylic acids is 1. The minimum atomic E-state index is -0.125. The van der Waals surface area contributed by atoms with Gasteiger partial charge in [0.15, 0.2) is 5.76 Å². The zero-order chi connectivity index (χ0) is 17.8. The van der Waals surface area contributed by atoms with Crippen molar-refractivity contribution in [3.05, 3.63) is 41.4 Å². The van der Waals surface area contributed by atoms with E-state index >= 15 is 0 Å². The van der Waals surface area contributed by atoms with Gasteiger partial charge in [-0.15, -0.1) is 11.8 Å². The average molecular weight is 380 g/mol. The smallest absolute Gasteiger partial charge is 0.235 e. The molecule has 134 valence electrons. The van der Waals surface area contributed by atoms with Crippen molar-refractivity contribution in [1.82, 2.24) is 9.88 Å². The van der Waals surface area contributed by atoms with E-state index in [0.717, 1.165) is 31.5 Å². The molecule has 2 N–H and O–H groups in total. The molecule has 7 heteroatoms. The zero-order valence-electron chi connectivity index (χ0n) is 14.2. The second kappa shape index (κ2) is 8.25. The van der Waals surface area contributed by atoms with Gasteiger partial charge in [-0.2, -0.15) is 0 Å². The number of piperidine rings is 1. The van der Waals surface area contributed by atoms with Crippen molar-refractivity contribution in [2.45, 2.75) is 36.8 Å². The van der Waals surface area contributed by atoms with Crippen molar-refractivity contribution < 1.29 is 9.21 Å². The Balaban J connectivity index is 1.53. The summed E-state index contributed by atoms with van der Waals surface area (Å²) in [6.45, 7) is 3.44. The van der Waals surface area contributed by atoms with E-state index in [4.69, 9.17) is 21.8 Å². The Bertz CT molecular complexity index is 711. The first-order valence-corrected chi connectivity index (χ1v) is 9.82. The van der Waals surface area contributed by atoms with Gasteiger partial charge < -0.3 is 15.1 Å². The van der Waals surface area contributed by atoms with Crippen LogP contribution in [0.25, 0.3) is 11.3 Å². The second-order valence-corrected chi connectivity index (χ2v) is 8.01. The number of thioether (sulfide) groups is 1. The summed E-state index contributed by atoms with van der Waals surface area (Å²) in [6, 6.07) is 7.66. The number of aromatic nitrogens is 1. The Labute approximate surface area is 156 Å².